The second-order valence-corrected chi connectivity index (χ2v) is 9.67. The zero-order valence-electron chi connectivity index (χ0n) is 27.0. The van der Waals surface area contributed by atoms with Gasteiger partial charge in [-0.05, 0) is 21.5 Å². The van der Waals surface area contributed by atoms with E-state index < -0.39 is 0 Å². The van der Waals surface area contributed by atoms with E-state index in [0.29, 0.717) is 74.6 Å². The molecule has 5 heterocycles. The second-order valence-electron chi connectivity index (χ2n) is 9.67. The smallest absolute Gasteiger partial charge is 0.357 e. The van der Waals surface area contributed by atoms with Gasteiger partial charge < -0.3 is 29.9 Å². The summed E-state index contributed by atoms with van der Waals surface area (Å²) in [5.74, 6) is 2.21. The summed E-state index contributed by atoms with van der Waals surface area (Å²) in [5.41, 5.74) is 5.78. The minimum absolute atomic E-state index is 0. The van der Waals surface area contributed by atoms with Crippen LogP contribution in [0.5, 0.6) is 0 Å². The Morgan fingerprint density at radius 3 is 0.755 bits per heavy atom. The third-order valence-electron chi connectivity index (χ3n) is 7.33. The van der Waals surface area contributed by atoms with Crippen LogP contribution >= 0.6 is 0 Å². The van der Waals surface area contributed by atoms with Crippen molar-refractivity contribution in [3.8, 4) is 45.6 Å². The number of nitrogens with zero attached hydrogens (tertiary/aromatic N) is 8. The maximum absolute atomic E-state index is 9.50. The Morgan fingerprint density at radius 2 is 0.531 bits per heavy atom. The molecule has 2 aliphatic heterocycles. The molecule has 0 fully saturated rings. The second kappa shape index (κ2) is 16.6. The SMILES string of the molecule is CF.CF.CF.CF.[Zn+2].c1ccc2c(c1)-c1nc-2nc2[n-]c(nc3nc(nc4[n-]c(n1)c1ccccc41)-c1ccccc1-3)c1ccccc21. The summed E-state index contributed by atoms with van der Waals surface area (Å²) in [4.78, 5) is 39.3. The molecule has 13 heteroatoms. The van der Waals surface area contributed by atoms with Crippen LogP contribution in [0.4, 0.5) is 17.6 Å². The fourth-order valence-electron chi connectivity index (χ4n) is 5.46. The molecule has 0 radical (unpaired) electrons. The van der Waals surface area contributed by atoms with Crippen molar-refractivity contribution in [2.24, 2.45) is 0 Å². The van der Waals surface area contributed by atoms with Gasteiger partial charge in [0.15, 0.2) is 0 Å². The minimum atomic E-state index is 0. The molecule has 9 rings (SSSR count). The third-order valence-corrected chi connectivity index (χ3v) is 7.33. The van der Waals surface area contributed by atoms with Crippen molar-refractivity contribution in [1.82, 2.24) is 39.9 Å². The van der Waals surface area contributed by atoms with E-state index in [-0.39, 0.29) is 19.5 Å². The summed E-state index contributed by atoms with van der Waals surface area (Å²) in [6.07, 6.45) is 0. The van der Waals surface area contributed by atoms with Crippen LogP contribution in [0.3, 0.4) is 0 Å². The minimum Gasteiger partial charge on any atom is -0.357 e. The van der Waals surface area contributed by atoms with E-state index in [9.17, 15) is 17.6 Å². The van der Waals surface area contributed by atoms with Crippen LogP contribution in [0.2, 0.25) is 0 Å². The number of aromatic nitrogens is 8. The summed E-state index contributed by atoms with van der Waals surface area (Å²) in [6.45, 7) is 0. The normalized spacial score (nSPS) is 10.3. The van der Waals surface area contributed by atoms with Crippen LogP contribution < -0.4 is 9.97 Å². The molecule has 0 unspecified atom stereocenters. The average Bonchev–Trinajstić information content (AvgIpc) is 3.91. The number of alkyl halides is 4. The van der Waals surface area contributed by atoms with Crippen molar-refractivity contribution in [3.63, 3.8) is 0 Å². The number of benzene rings is 4. The zero-order chi connectivity index (χ0) is 34.2. The molecule has 0 atom stereocenters. The Bertz CT molecular complexity index is 2060. The fraction of sp³-hybridized carbons (Fsp3) is 0.111. The van der Waals surface area contributed by atoms with Crippen LogP contribution in [-0.2, 0) is 19.5 Å². The summed E-state index contributed by atoms with van der Waals surface area (Å²) < 4.78 is 38.0. The molecule has 0 N–H and O–H groups in total. The third kappa shape index (κ3) is 6.66. The van der Waals surface area contributed by atoms with E-state index in [4.69, 9.17) is 39.9 Å². The molecule has 8 bridgehead atoms. The van der Waals surface area contributed by atoms with Crippen molar-refractivity contribution >= 4 is 44.1 Å². The molecule has 242 valence electrons. The van der Waals surface area contributed by atoms with Crippen molar-refractivity contribution in [2.45, 2.75) is 0 Å². The summed E-state index contributed by atoms with van der Waals surface area (Å²) >= 11 is 0. The summed E-state index contributed by atoms with van der Waals surface area (Å²) in [5, 5.41) is 3.57. The van der Waals surface area contributed by atoms with Gasteiger partial charge in [-0.25, -0.2) is 9.97 Å². The van der Waals surface area contributed by atoms with Crippen LogP contribution in [0.15, 0.2) is 97.1 Å². The predicted molar refractivity (Wildman–Crippen MR) is 182 cm³/mol. The molecule has 3 aromatic heterocycles. The number of fused-ring (bicyclic) bond motifs is 20. The van der Waals surface area contributed by atoms with E-state index in [1.165, 1.54) is 0 Å². The van der Waals surface area contributed by atoms with Gasteiger partial charge in [0.25, 0.3) is 0 Å². The van der Waals surface area contributed by atoms with Gasteiger partial charge in [-0.2, -0.15) is 0 Å². The average molecular weight is 714 g/mol. The van der Waals surface area contributed by atoms with Crippen LogP contribution in [-0.4, -0.2) is 58.6 Å². The van der Waals surface area contributed by atoms with Gasteiger partial charge >= 0.3 is 19.5 Å². The molecule has 0 saturated heterocycles. The number of halogens is 4. The number of hydrogen-bond acceptors (Lipinski definition) is 6. The molecule has 7 aromatic rings. The van der Waals surface area contributed by atoms with E-state index in [0.717, 1.165) is 43.8 Å². The van der Waals surface area contributed by atoms with Crippen LogP contribution in [0.25, 0.3) is 89.7 Å². The maximum atomic E-state index is 9.50. The molecule has 8 nitrogen and oxygen atoms in total. The van der Waals surface area contributed by atoms with E-state index in [1.54, 1.807) is 0 Å². The van der Waals surface area contributed by atoms with E-state index in [1.807, 2.05) is 97.1 Å². The molecule has 0 saturated carbocycles. The Balaban J connectivity index is 0.000000564. The standard InChI is InChI=1S/C32H16N8.4CH3F.Zn/c1-2-10-18-17(9-1)25-33-26(18)38-28-21-13-5-6-14-22(21)30(35-28)40-32-24-16-8-7-15-23(24)31(36-32)39-29-20-12-4-3-11-19(20)27(34-29)37-25;4*1-2;/h1-16H;4*1H3;/q-2;;;;;+2. The first-order valence-electron chi connectivity index (χ1n) is 14.4. The zero-order valence-corrected chi connectivity index (χ0v) is 30.0. The molecule has 0 amide bonds. The Labute approximate surface area is 291 Å². The molecule has 4 aromatic carbocycles. The van der Waals surface area contributed by atoms with Crippen LogP contribution in [0.1, 0.15) is 0 Å². The number of rotatable bonds is 0. The van der Waals surface area contributed by atoms with Gasteiger partial charge in [-0.15, -0.1) is 0 Å². The quantitative estimate of drug-likeness (QED) is 0.114. The van der Waals surface area contributed by atoms with Gasteiger partial charge in [0, 0.05) is 44.8 Å². The van der Waals surface area contributed by atoms with Gasteiger partial charge in [-0.1, -0.05) is 97.1 Å². The molecule has 2 aliphatic rings. The first-order chi connectivity index (χ1) is 23.8. The molecule has 49 heavy (non-hydrogen) atoms. The molecule has 0 aliphatic carbocycles. The van der Waals surface area contributed by atoms with Gasteiger partial charge in [0.2, 0.25) is 0 Å². The largest absolute Gasteiger partial charge is 2.00 e. The van der Waals surface area contributed by atoms with E-state index in [2.05, 4.69) is 0 Å². The molecule has 0 spiro atoms. The Morgan fingerprint density at radius 1 is 0.327 bits per heavy atom. The maximum Gasteiger partial charge on any atom is 2.00 e. The predicted octanol–water partition coefficient (Wildman–Crippen LogP) is 8.47. The molecular formula is C36H28F4N8Zn. The van der Waals surface area contributed by atoms with Gasteiger partial charge in [0.1, 0.15) is 0 Å². The Kier molecular flexibility index (Phi) is 12.3. The van der Waals surface area contributed by atoms with Crippen molar-refractivity contribution in [3.05, 3.63) is 97.1 Å². The monoisotopic (exact) mass is 712 g/mol. The summed E-state index contributed by atoms with van der Waals surface area (Å²) in [6, 6.07) is 31.8. The van der Waals surface area contributed by atoms with E-state index >= 15 is 0 Å². The van der Waals surface area contributed by atoms with Gasteiger partial charge in [0.05, 0.1) is 52.0 Å². The first kappa shape index (κ1) is 36.4. The number of hydrogen-bond donors (Lipinski definition) is 0. The van der Waals surface area contributed by atoms with Crippen LogP contribution in [0, 0.1) is 0 Å². The summed E-state index contributed by atoms with van der Waals surface area (Å²) in [7, 11) is 2.00. The van der Waals surface area contributed by atoms with Crippen molar-refractivity contribution < 1.29 is 37.0 Å². The fourth-order valence-corrected chi connectivity index (χ4v) is 5.46. The first-order valence-corrected chi connectivity index (χ1v) is 14.4. The van der Waals surface area contributed by atoms with Crippen molar-refractivity contribution in [2.75, 3.05) is 28.7 Å². The Hall–Kier alpha value is -5.42. The van der Waals surface area contributed by atoms with Crippen molar-refractivity contribution in [1.29, 1.82) is 0 Å². The van der Waals surface area contributed by atoms with Gasteiger partial charge in [-0.3, -0.25) is 17.6 Å². The molecular weight excluding hydrogens is 686 g/mol. The topological polar surface area (TPSA) is 106 Å².